The molecule has 0 spiro atoms. The Morgan fingerprint density at radius 3 is 2.62 bits per heavy atom. The molecule has 8 heteroatoms. The fourth-order valence-corrected chi connectivity index (χ4v) is 2.34. The third-order valence-electron chi connectivity index (χ3n) is 3.57. The zero-order valence-electron chi connectivity index (χ0n) is 12.3. The molecule has 0 saturated carbocycles. The van der Waals surface area contributed by atoms with Crippen molar-refractivity contribution in [2.75, 3.05) is 46.0 Å². The molecule has 0 aromatic rings. The van der Waals surface area contributed by atoms with Crippen LogP contribution in [-0.2, 0) is 19.1 Å². The van der Waals surface area contributed by atoms with Crippen LogP contribution in [0.3, 0.4) is 0 Å². The smallest absolute Gasteiger partial charge is 0.251 e. The summed E-state index contributed by atoms with van der Waals surface area (Å²) < 4.78 is 10.6. The fraction of sp³-hybridized carbons (Fsp3) is 0.846. The molecule has 2 aliphatic heterocycles. The molecule has 0 radical (unpaired) electrons. The van der Waals surface area contributed by atoms with E-state index in [1.54, 1.807) is 4.90 Å². The third kappa shape index (κ3) is 5.10. The molecule has 2 aliphatic rings. The zero-order chi connectivity index (χ0) is 14.4. The summed E-state index contributed by atoms with van der Waals surface area (Å²) in [6.07, 6.45) is 0.0671. The van der Waals surface area contributed by atoms with E-state index in [9.17, 15) is 9.59 Å². The van der Waals surface area contributed by atoms with Gasteiger partial charge in [0.2, 0.25) is 5.91 Å². The van der Waals surface area contributed by atoms with Gasteiger partial charge in [0, 0.05) is 26.2 Å². The van der Waals surface area contributed by atoms with Gasteiger partial charge in [-0.2, -0.15) is 0 Å². The number of halogens is 1. The van der Waals surface area contributed by atoms with Gasteiger partial charge in [-0.05, 0) is 6.42 Å². The van der Waals surface area contributed by atoms with Crippen LogP contribution in [0.5, 0.6) is 0 Å². The van der Waals surface area contributed by atoms with Crippen molar-refractivity contribution in [3.05, 3.63) is 0 Å². The van der Waals surface area contributed by atoms with Crippen molar-refractivity contribution in [2.45, 2.75) is 25.5 Å². The summed E-state index contributed by atoms with van der Waals surface area (Å²) in [4.78, 5) is 26.2. The Hall–Kier alpha value is -0.890. The van der Waals surface area contributed by atoms with Crippen LogP contribution in [0.1, 0.15) is 13.3 Å². The number of ether oxygens (including phenoxy) is 2. The van der Waals surface area contributed by atoms with Gasteiger partial charge in [-0.15, -0.1) is 12.4 Å². The SMILES string of the molecule is CCC(NC(=O)C1CNCCO1)C(=O)N1CCOCC1.Cl. The van der Waals surface area contributed by atoms with E-state index in [1.807, 2.05) is 6.92 Å². The molecule has 2 heterocycles. The molecule has 21 heavy (non-hydrogen) atoms. The van der Waals surface area contributed by atoms with Crippen molar-refractivity contribution in [3.63, 3.8) is 0 Å². The number of morpholine rings is 2. The predicted octanol–water partition coefficient (Wildman–Crippen LogP) is -0.850. The van der Waals surface area contributed by atoms with Crippen LogP contribution in [-0.4, -0.2) is 74.9 Å². The van der Waals surface area contributed by atoms with E-state index in [0.29, 0.717) is 45.9 Å². The van der Waals surface area contributed by atoms with Gasteiger partial charge in [0.15, 0.2) is 0 Å². The van der Waals surface area contributed by atoms with Gasteiger partial charge in [-0.25, -0.2) is 0 Å². The highest BCUT2D eigenvalue weighted by atomic mass is 35.5. The van der Waals surface area contributed by atoms with Gasteiger partial charge < -0.3 is 25.0 Å². The molecule has 0 bridgehead atoms. The standard InChI is InChI=1S/C13H23N3O4.ClH/c1-2-10(13(18)16-4-7-19-8-5-16)15-12(17)11-9-14-3-6-20-11;/h10-11,14H,2-9H2,1H3,(H,15,17);1H. The predicted molar refractivity (Wildman–Crippen MR) is 79.5 cm³/mol. The number of nitrogens with one attached hydrogen (secondary N) is 2. The van der Waals surface area contributed by atoms with Crippen LogP contribution in [0.4, 0.5) is 0 Å². The lowest BCUT2D eigenvalue weighted by Crippen LogP contribution is -2.55. The first-order valence-electron chi connectivity index (χ1n) is 7.21. The minimum Gasteiger partial charge on any atom is -0.378 e. The van der Waals surface area contributed by atoms with Crippen LogP contribution in [0.25, 0.3) is 0 Å². The lowest BCUT2D eigenvalue weighted by Gasteiger charge is -2.31. The van der Waals surface area contributed by atoms with Crippen LogP contribution in [0.2, 0.25) is 0 Å². The van der Waals surface area contributed by atoms with Gasteiger partial charge in [-0.3, -0.25) is 9.59 Å². The van der Waals surface area contributed by atoms with Gasteiger partial charge in [0.1, 0.15) is 12.1 Å². The molecule has 2 rings (SSSR count). The number of hydrogen-bond acceptors (Lipinski definition) is 5. The second-order valence-electron chi connectivity index (χ2n) is 4.97. The molecule has 0 aromatic carbocycles. The molecular formula is C13H24ClN3O4. The Morgan fingerprint density at radius 2 is 2.05 bits per heavy atom. The number of amides is 2. The number of hydrogen-bond donors (Lipinski definition) is 2. The highest BCUT2D eigenvalue weighted by molar-refractivity contribution is 5.89. The van der Waals surface area contributed by atoms with Crippen molar-refractivity contribution < 1.29 is 19.1 Å². The van der Waals surface area contributed by atoms with E-state index in [1.165, 1.54) is 0 Å². The Bertz CT molecular complexity index is 344. The maximum Gasteiger partial charge on any atom is 0.251 e. The van der Waals surface area contributed by atoms with Gasteiger partial charge >= 0.3 is 0 Å². The molecule has 2 saturated heterocycles. The lowest BCUT2D eigenvalue weighted by atomic mass is 10.1. The van der Waals surface area contributed by atoms with Gasteiger partial charge in [0.25, 0.3) is 5.91 Å². The molecule has 0 aromatic heterocycles. The van der Waals surface area contributed by atoms with Crippen molar-refractivity contribution in [1.29, 1.82) is 0 Å². The second kappa shape index (κ2) is 9.19. The summed E-state index contributed by atoms with van der Waals surface area (Å²) in [5, 5.41) is 5.90. The highest BCUT2D eigenvalue weighted by Gasteiger charge is 2.29. The molecule has 2 fully saturated rings. The van der Waals surface area contributed by atoms with E-state index in [4.69, 9.17) is 9.47 Å². The molecule has 0 aliphatic carbocycles. The Kier molecular flexibility index (Phi) is 7.95. The molecule has 122 valence electrons. The molecule has 2 unspecified atom stereocenters. The summed E-state index contributed by atoms with van der Waals surface area (Å²) in [7, 11) is 0. The van der Waals surface area contributed by atoms with E-state index in [-0.39, 0.29) is 24.2 Å². The molecule has 2 N–H and O–H groups in total. The normalized spacial score (nSPS) is 23.9. The monoisotopic (exact) mass is 321 g/mol. The Balaban J connectivity index is 0.00000220. The number of carbonyl (C=O) groups is 2. The molecule has 7 nitrogen and oxygen atoms in total. The van der Waals surface area contributed by atoms with Crippen molar-refractivity contribution in [1.82, 2.24) is 15.5 Å². The Morgan fingerprint density at radius 1 is 1.33 bits per heavy atom. The van der Waals surface area contributed by atoms with Crippen molar-refractivity contribution in [2.24, 2.45) is 0 Å². The zero-order valence-corrected chi connectivity index (χ0v) is 13.1. The summed E-state index contributed by atoms with van der Waals surface area (Å²) >= 11 is 0. The summed E-state index contributed by atoms with van der Waals surface area (Å²) in [5.74, 6) is -0.251. The summed E-state index contributed by atoms with van der Waals surface area (Å²) in [6, 6.07) is -0.480. The topological polar surface area (TPSA) is 79.9 Å². The first-order valence-corrected chi connectivity index (χ1v) is 7.21. The van der Waals surface area contributed by atoms with Gasteiger partial charge in [0.05, 0.1) is 19.8 Å². The van der Waals surface area contributed by atoms with Crippen molar-refractivity contribution >= 4 is 24.2 Å². The van der Waals surface area contributed by atoms with Crippen LogP contribution in [0.15, 0.2) is 0 Å². The minimum atomic E-state index is -0.504. The largest absolute Gasteiger partial charge is 0.378 e. The van der Waals surface area contributed by atoms with Crippen LogP contribution < -0.4 is 10.6 Å². The van der Waals surface area contributed by atoms with Crippen molar-refractivity contribution in [3.8, 4) is 0 Å². The van der Waals surface area contributed by atoms with Crippen LogP contribution >= 0.6 is 12.4 Å². The fourth-order valence-electron chi connectivity index (χ4n) is 2.34. The van der Waals surface area contributed by atoms with E-state index < -0.39 is 12.1 Å². The quantitative estimate of drug-likeness (QED) is 0.705. The maximum atomic E-state index is 12.3. The molecule has 2 atom stereocenters. The van der Waals surface area contributed by atoms with E-state index in [0.717, 1.165) is 6.54 Å². The first kappa shape index (κ1) is 18.2. The average molecular weight is 322 g/mol. The number of rotatable bonds is 4. The number of carbonyl (C=O) groups excluding carboxylic acids is 2. The number of nitrogens with zero attached hydrogens (tertiary/aromatic N) is 1. The molecule has 2 amide bonds. The first-order chi connectivity index (χ1) is 9.72. The van der Waals surface area contributed by atoms with Gasteiger partial charge in [-0.1, -0.05) is 6.92 Å². The Labute approximate surface area is 131 Å². The average Bonchev–Trinajstić information content (AvgIpc) is 2.53. The third-order valence-corrected chi connectivity index (χ3v) is 3.57. The summed E-state index contributed by atoms with van der Waals surface area (Å²) in [6.45, 7) is 5.97. The maximum absolute atomic E-state index is 12.3. The molecular weight excluding hydrogens is 298 g/mol. The summed E-state index contributed by atoms with van der Waals surface area (Å²) in [5.41, 5.74) is 0. The minimum absolute atomic E-state index is 0. The second-order valence-corrected chi connectivity index (χ2v) is 4.97. The van der Waals surface area contributed by atoms with Crippen LogP contribution in [0, 0.1) is 0 Å². The van der Waals surface area contributed by atoms with E-state index in [2.05, 4.69) is 10.6 Å². The van der Waals surface area contributed by atoms with E-state index >= 15 is 0 Å². The lowest BCUT2D eigenvalue weighted by molar-refractivity contribution is -0.143. The highest BCUT2D eigenvalue weighted by Crippen LogP contribution is 2.05.